The van der Waals surface area contributed by atoms with Crippen molar-refractivity contribution in [2.45, 2.75) is 152 Å². The van der Waals surface area contributed by atoms with Crippen LogP contribution < -0.4 is 31.2 Å². The first-order chi connectivity index (χ1) is 30.2. The summed E-state index contributed by atoms with van der Waals surface area (Å²) < 4.78 is 11.1. The van der Waals surface area contributed by atoms with Crippen LogP contribution in [0.4, 0.5) is 0 Å². The molecule has 1 fully saturated rings. The molecule has 2 N–H and O–H groups in total. The molecular weight excluding hydrogens is 809 g/mol. The number of unbranched alkanes of at least 4 members (excludes halogenated alkanes) is 4. The Morgan fingerprint density at radius 3 is 2.28 bits per heavy atom. The molecule has 0 amide bonds. The molecule has 342 valence electrons. The number of rotatable bonds is 20. The number of hydrogen-bond acceptors (Lipinski definition) is 5. The molecule has 1 saturated heterocycles. The van der Waals surface area contributed by atoms with Crippen LogP contribution in [0.5, 0.6) is 0 Å². The van der Waals surface area contributed by atoms with Gasteiger partial charge in [-0.15, -0.1) is 22.4 Å². The largest absolute Gasteiger partial charge is 2.00 e. The summed E-state index contributed by atoms with van der Waals surface area (Å²) in [6.45, 7) is 23.9. The molecule has 8 bridgehead atoms. The Bertz CT molecular complexity index is 2480. The molecule has 1 unspecified atom stereocenters. The standard InChI is InChI=1S/C54H73N4O5.Mg/c1-12-38-34(7)41-28-43-36(9)40(24-25-47(59)63-27-26-33(6)22-18-16-14-15-17-21-32(5)23-19-20-31(3)4)51(57-43)49-50(54(61)62-11)53(60)48-37(10)44(58-52(48)49)30-46-39(13-2)35(8)42(56-46)29-45(38)55-41;/h12,26,28-32,36,40,50-51,56,60H,1,13-25,27H2,2-11H3;/q-3;+2/b33-26+,42-29-,43-28-,46-30-;/t32-,36-,40-,50+,51?;/m0./s1. The van der Waals surface area contributed by atoms with Gasteiger partial charge in [0.25, 0.3) is 0 Å². The van der Waals surface area contributed by atoms with Gasteiger partial charge in [0.1, 0.15) is 18.3 Å². The molecular formula is C54H73MgN4O5-. The predicted molar refractivity (Wildman–Crippen MR) is 262 cm³/mol. The van der Waals surface area contributed by atoms with Crippen LogP contribution in [0.25, 0.3) is 41.0 Å². The summed E-state index contributed by atoms with van der Waals surface area (Å²) in [5, 5.41) is 20.3. The molecule has 3 aromatic rings. The molecule has 1 aliphatic carbocycles. The minimum absolute atomic E-state index is 0. The van der Waals surface area contributed by atoms with Gasteiger partial charge >= 0.3 is 35.0 Å². The van der Waals surface area contributed by atoms with Crippen molar-refractivity contribution in [3.63, 3.8) is 0 Å². The Morgan fingerprint density at radius 1 is 0.891 bits per heavy atom. The van der Waals surface area contributed by atoms with Crippen LogP contribution in [0.2, 0.25) is 0 Å². The number of ether oxygens (including phenoxy) is 2. The van der Waals surface area contributed by atoms with E-state index < -0.39 is 17.9 Å². The van der Waals surface area contributed by atoms with E-state index in [1.165, 1.54) is 64.0 Å². The zero-order chi connectivity index (χ0) is 45.5. The number of hydrogen-bond donors (Lipinski definition) is 2. The van der Waals surface area contributed by atoms with Crippen molar-refractivity contribution in [2.24, 2.45) is 29.6 Å². The van der Waals surface area contributed by atoms with E-state index in [4.69, 9.17) is 24.8 Å². The number of aliphatic hydroxyl groups is 1. The third-order valence-electron chi connectivity index (χ3n) is 14.2. The van der Waals surface area contributed by atoms with Crippen molar-refractivity contribution in [1.29, 1.82) is 0 Å². The topological polar surface area (TPSA) is 131 Å². The molecule has 9 nitrogen and oxygen atoms in total. The molecule has 0 spiro atoms. The minimum atomic E-state index is -1.06. The summed E-state index contributed by atoms with van der Waals surface area (Å²) in [6.07, 6.45) is 24.2. The zero-order valence-electron chi connectivity index (χ0n) is 40.6. The molecule has 3 aromatic heterocycles. The molecule has 64 heavy (non-hydrogen) atoms. The Kier molecular flexibility index (Phi) is 18.1. The van der Waals surface area contributed by atoms with E-state index in [2.05, 4.69) is 73.0 Å². The minimum Gasteiger partial charge on any atom is -0.681 e. The number of aromatic amines is 1. The SMILES string of the molecule is C=Cc1c2[n-]c(c1C)/C=C1\[N-]C(C3=c4[n-]c(c(C)c4=C(O)[C@@H]3C(=O)OC)/C=c3\[nH]/c(c(C)c3CC)=C\2)[C@@H](CCC(=O)OC/C=C(\C)CCCCCCC[C@H](C)CCCC(C)C)[C@@H]1C.[Mg+2]. The fraction of sp³-hybridized carbons (Fsp3) is 0.556. The first-order valence-corrected chi connectivity index (χ1v) is 23.8. The summed E-state index contributed by atoms with van der Waals surface area (Å²) in [4.78, 5) is 40.9. The molecule has 0 aromatic carbocycles. The number of methoxy groups -OCH3 is 1. The number of esters is 2. The Labute approximate surface area is 398 Å². The number of nitrogens with one attached hydrogen (secondary N) is 1. The third kappa shape index (κ3) is 11.3. The quantitative estimate of drug-likeness (QED) is 0.0502. The third-order valence-corrected chi connectivity index (χ3v) is 14.2. The van der Waals surface area contributed by atoms with Gasteiger partial charge in [0, 0.05) is 22.3 Å². The Balaban J connectivity index is 0.00000771. The van der Waals surface area contributed by atoms with Gasteiger partial charge < -0.3 is 34.8 Å². The fourth-order valence-electron chi connectivity index (χ4n) is 10.2. The van der Waals surface area contributed by atoms with Crippen LogP contribution in [0.15, 0.2) is 23.9 Å². The van der Waals surface area contributed by atoms with Gasteiger partial charge in [-0.25, -0.2) is 0 Å². The van der Waals surface area contributed by atoms with Crippen LogP contribution in [0, 0.1) is 50.4 Å². The summed E-state index contributed by atoms with van der Waals surface area (Å²) in [5.41, 5.74) is 10.0. The first kappa shape index (κ1) is 50.8. The number of H-pyrrole nitrogens is 1. The van der Waals surface area contributed by atoms with E-state index in [0.717, 1.165) is 86.7 Å². The van der Waals surface area contributed by atoms with E-state index in [9.17, 15) is 14.7 Å². The molecule has 0 radical (unpaired) electrons. The van der Waals surface area contributed by atoms with E-state index in [0.29, 0.717) is 28.3 Å². The zero-order valence-corrected chi connectivity index (χ0v) is 42.0. The van der Waals surface area contributed by atoms with Crippen molar-refractivity contribution < 1.29 is 24.2 Å². The van der Waals surface area contributed by atoms with Crippen molar-refractivity contribution in [3.8, 4) is 0 Å². The maximum Gasteiger partial charge on any atom is 2.00 e. The van der Waals surface area contributed by atoms with Gasteiger partial charge in [-0.1, -0.05) is 145 Å². The predicted octanol–water partition coefficient (Wildman–Crippen LogP) is 8.78. The van der Waals surface area contributed by atoms with E-state index in [-0.39, 0.29) is 59.6 Å². The molecule has 6 rings (SSSR count). The second kappa shape index (κ2) is 22.8. The number of carbonyl (C=O) groups excluding carboxylic acids is 2. The second-order valence-electron chi connectivity index (χ2n) is 19.1. The fourth-order valence-corrected chi connectivity index (χ4v) is 10.2. The summed E-state index contributed by atoms with van der Waals surface area (Å²) in [5.74, 6) is -0.655. The molecule has 5 atom stereocenters. The molecule has 10 heteroatoms. The van der Waals surface area contributed by atoms with Gasteiger partial charge in [-0.2, -0.15) is 5.70 Å². The van der Waals surface area contributed by atoms with E-state index >= 15 is 0 Å². The summed E-state index contributed by atoms with van der Waals surface area (Å²) in [7, 11) is 1.34. The number of aliphatic hydroxyl groups excluding tert-OH is 1. The van der Waals surface area contributed by atoms with Gasteiger partial charge in [0.15, 0.2) is 0 Å². The summed E-state index contributed by atoms with van der Waals surface area (Å²) in [6, 6.07) is -0.562. The first-order valence-electron chi connectivity index (χ1n) is 23.8. The molecule has 0 saturated carbocycles. The number of aromatic nitrogens is 3. The average Bonchev–Trinajstić information content (AvgIpc) is 3.99. The van der Waals surface area contributed by atoms with Crippen molar-refractivity contribution in [2.75, 3.05) is 13.7 Å². The van der Waals surface area contributed by atoms with Gasteiger partial charge in [-0.05, 0) is 99.8 Å². The van der Waals surface area contributed by atoms with Crippen LogP contribution in [-0.4, -0.2) is 64.8 Å². The van der Waals surface area contributed by atoms with E-state index in [1.807, 2.05) is 31.2 Å². The van der Waals surface area contributed by atoms with Crippen molar-refractivity contribution in [3.05, 3.63) is 95.4 Å². The van der Waals surface area contributed by atoms with Crippen LogP contribution in [0.1, 0.15) is 163 Å². The second-order valence-corrected chi connectivity index (χ2v) is 19.1. The summed E-state index contributed by atoms with van der Waals surface area (Å²) >= 11 is 0. The van der Waals surface area contributed by atoms with E-state index in [1.54, 1.807) is 0 Å². The van der Waals surface area contributed by atoms with Crippen LogP contribution in [-0.2, 0) is 25.5 Å². The van der Waals surface area contributed by atoms with Crippen molar-refractivity contribution >= 4 is 70.6 Å². The maximum absolute atomic E-state index is 13.6. The van der Waals surface area contributed by atoms with Gasteiger partial charge in [0.05, 0.1) is 7.11 Å². The number of carbonyl (C=O) groups is 2. The number of fused-ring (bicyclic) bond motifs is 8. The molecule has 5 heterocycles. The van der Waals surface area contributed by atoms with Gasteiger partial charge in [-0.3, -0.25) is 9.59 Å². The number of allylic oxidation sites excluding steroid dienone is 2. The van der Waals surface area contributed by atoms with Crippen molar-refractivity contribution in [1.82, 2.24) is 15.0 Å². The average molecular weight is 883 g/mol. The van der Waals surface area contributed by atoms with Crippen LogP contribution in [0.3, 0.4) is 0 Å². The monoisotopic (exact) mass is 882 g/mol. The smallest absolute Gasteiger partial charge is 0.681 e. The van der Waals surface area contributed by atoms with Crippen LogP contribution >= 0.6 is 0 Å². The molecule has 2 aliphatic heterocycles. The Morgan fingerprint density at radius 2 is 1.58 bits per heavy atom. The van der Waals surface area contributed by atoms with Gasteiger partial charge in [0.2, 0.25) is 0 Å². The normalized spacial score (nSPS) is 21.3. The maximum atomic E-state index is 13.6. The molecule has 3 aliphatic rings. The number of nitrogens with zero attached hydrogens (tertiary/aromatic N) is 3. The Hall–Kier alpha value is -4.15.